The third-order valence-corrected chi connectivity index (χ3v) is 4.89. The summed E-state index contributed by atoms with van der Waals surface area (Å²) in [6, 6.07) is 9.00. The van der Waals surface area contributed by atoms with Crippen molar-refractivity contribution in [1.29, 1.82) is 0 Å². The number of nitrogens with one attached hydrogen (secondary N) is 2. The fourth-order valence-electron chi connectivity index (χ4n) is 3.10. The summed E-state index contributed by atoms with van der Waals surface area (Å²) in [5, 5.41) is 15.5. The Morgan fingerprint density at radius 1 is 1.20 bits per heavy atom. The molecule has 1 atom stereocenters. The van der Waals surface area contributed by atoms with Crippen molar-refractivity contribution in [1.82, 2.24) is 10.3 Å². The molecule has 0 saturated heterocycles. The summed E-state index contributed by atoms with van der Waals surface area (Å²) < 4.78 is 31.3. The number of carbonyl (C=O) groups is 2. The maximum atomic E-state index is 13.3. The van der Waals surface area contributed by atoms with E-state index in [1.165, 1.54) is 6.20 Å². The van der Waals surface area contributed by atoms with Crippen molar-refractivity contribution in [2.75, 3.05) is 38.4 Å². The van der Waals surface area contributed by atoms with Crippen LogP contribution in [0.4, 0.5) is 20.3 Å². The minimum atomic E-state index is -1.74. The molecule has 3 rings (SSSR count). The predicted octanol–water partition coefficient (Wildman–Crippen LogP) is 3.25. The molecule has 0 bridgehead atoms. The highest BCUT2D eigenvalue weighted by Gasteiger charge is 2.19. The first-order valence-corrected chi connectivity index (χ1v) is 10.6. The monoisotopic (exact) mass is 486 g/mol. The van der Waals surface area contributed by atoms with E-state index in [1.807, 2.05) is 7.05 Å². The molecule has 0 radical (unpaired) electrons. The second-order valence-electron chi connectivity index (χ2n) is 7.54. The first-order valence-electron chi connectivity index (χ1n) is 10.6. The smallest absolute Gasteiger partial charge is 0.257 e. The highest BCUT2D eigenvalue weighted by atomic mass is 19.1. The van der Waals surface area contributed by atoms with Gasteiger partial charge >= 0.3 is 0 Å². The van der Waals surface area contributed by atoms with Crippen molar-refractivity contribution in [2.45, 2.75) is 13.0 Å². The first-order chi connectivity index (χ1) is 16.7. The Kier molecular flexibility index (Phi) is 10.4. The zero-order valence-electron chi connectivity index (χ0n) is 19.6. The number of aryl methyl sites for hydroxylation is 1. The van der Waals surface area contributed by atoms with Crippen LogP contribution >= 0.6 is 0 Å². The lowest BCUT2D eigenvalue weighted by atomic mass is 10.00. The van der Waals surface area contributed by atoms with E-state index in [0.717, 1.165) is 36.4 Å². The number of nitrogens with two attached hydrogens (primary N) is 1. The third kappa shape index (κ3) is 7.92. The Balaban J connectivity index is 0.000000641. The molecule has 10 heteroatoms. The lowest BCUT2D eigenvalue weighted by Gasteiger charge is -2.14. The number of likely N-dealkylation sites (N-methyl/N-ethyl adjacent to an activating group) is 1. The normalized spacial score (nSPS) is 11.3. The van der Waals surface area contributed by atoms with Gasteiger partial charge in [-0.1, -0.05) is 6.07 Å². The quantitative estimate of drug-likeness (QED) is 0.284. The van der Waals surface area contributed by atoms with Crippen molar-refractivity contribution in [3.8, 4) is 11.1 Å². The number of aliphatic hydroxyl groups excluding tert-OH is 1. The van der Waals surface area contributed by atoms with Crippen LogP contribution in [0.2, 0.25) is 0 Å². The molecule has 1 unspecified atom stereocenters. The average Bonchev–Trinajstić information content (AvgIpc) is 2.82. The van der Waals surface area contributed by atoms with Gasteiger partial charge in [0.2, 0.25) is 0 Å². The van der Waals surface area contributed by atoms with Crippen LogP contribution in [0.3, 0.4) is 0 Å². The minimum absolute atomic E-state index is 0.132. The number of amides is 1. The number of hydrogen-bond donors (Lipinski definition) is 4. The molecule has 186 valence electrons. The van der Waals surface area contributed by atoms with Gasteiger partial charge in [-0.2, -0.15) is 0 Å². The summed E-state index contributed by atoms with van der Waals surface area (Å²) in [6.45, 7) is 3.54. The lowest BCUT2D eigenvalue weighted by molar-refractivity contribution is -0.124. The number of aldehydes is 1. The summed E-state index contributed by atoms with van der Waals surface area (Å²) in [7, 11) is 3.59. The molecule has 0 aliphatic heterocycles. The van der Waals surface area contributed by atoms with Crippen LogP contribution in [0.15, 0.2) is 48.7 Å². The van der Waals surface area contributed by atoms with Gasteiger partial charge in [0.15, 0.2) is 12.4 Å². The molecule has 2 aromatic carbocycles. The number of carbonyl (C=O) groups excluding carboxylic acids is 2. The number of benzene rings is 2. The van der Waals surface area contributed by atoms with E-state index in [9.17, 15) is 23.5 Å². The predicted molar refractivity (Wildman–Crippen MR) is 130 cm³/mol. The number of hydrogen-bond acceptors (Lipinski definition) is 7. The van der Waals surface area contributed by atoms with E-state index >= 15 is 0 Å². The molecule has 8 nitrogen and oxygen atoms in total. The van der Waals surface area contributed by atoms with E-state index < -0.39 is 23.6 Å². The maximum absolute atomic E-state index is 13.3. The van der Waals surface area contributed by atoms with Gasteiger partial charge in [-0.15, -0.1) is 0 Å². The van der Waals surface area contributed by atoms with E-state index in [1.54, 1.807) is 38.3 Å². The van der Waals surface area contributed by atoms with Crippen molar-refractivity contribution < 1.29 is 28.2 Å². The molecule has 3 aromatic rings. The molecule has 1 heterocycles. The van der Waals surface area contributed by atoms with Crippen molar-refractivity contribution in [3.63, 3.8) is 0 Å². The summed E-state index contributed by atoms with van der Waals surface area (Å²) in [5.41, 5.74) is 8.29. The van der Waals surface area contributed by atoms with Gasteiger partial charge in [-0.3, -0.25) is 9.59 Å². The molecule has 0 spiro atoms. The van der Waals surface area contributed by atoms with Gasteiger partial charge in [0.05, 0.1) is 12.2 Å². The molecule has 0 aliphatic carbocycles. The van der Waals surface area contributed by atoms with Crippen molar-refractivity contribution >= 4 is 23.7 Å². The number of rotatable bonds is 8. The Hall–Kier alpha value is -3.73. The summed E-state index contributed by atoms with van der Waals surface area (Å²) >= 11 is 0. The van der Waals surface area contributed by atoms with Crippen LogP contribution in [-0.4, -0.2) is 49.6 Å². The van der Waals surface area contributed by atoms with Crippen molar-refractivity contribution in [3.05, 3.63) is 77.0 Å². The Bertz CT molecular complexity index is 1150. The number of nitrogens with zero attached hydrogens (tertiary/aromatic N) is 1. The molecule has 0 aliphatic rings. The summed E-state index contributed by atoms with van der Waals surface area (Å²) in [6.07, 6.45) is 0.411. The van der Waals surface area contributed by atoms with Gasteiger partial charge < -0.3 is 26.2 Å². The van der Waals surface area contributed by atoms with Gasteiger partial charge in [0.25, 0.3) is 5.91 Å². The summed E-state index contributed by atoms with van der Waals surface area (Å²) in [5.74, 6) is -2.48. The number of pyridine rings is 1. The standard InChI is InChI=1S/C21H17F2N3O3.C4H11NO/c1-11-4-17(2-3-18(11)13-5-14(10-27)20(24)25-9-13)26-21(29)19(28)12-6-15(22)8-16(23)7-12;1-5-3-4-6-2/h2-10,19,28H,1H3,(H2,24,25)(H,26,29);5H,3-4H2,1-2H3. The number of ether oxygens (including phenoxy) is 1. The van der Waals surface area contributed by atoms with E-state index in [4.69, 9.17) is 10.5 Å². The van der Waals surface area contributed by atoms with Crippen LogP contribution in [-0.2, 0) is 9.53 Å². The number of methoxy groups -OCH3 is 1. The molecule has 35 heavy (non-hydrogen) atoms. The molecule has 5 N–H and O–H groups in total. The molecular weight excluding hydrogens is 458 g/mol. The number of aliphatic hydroxyl groups is 1. The van der Waals surface area contributed by atoms with Crippen molar-refractivity contribution in [2.24, 2.45) is 0 Å². The van der Waals surface area contributed by atoms with E-state index in [0.29, 0.717) is 23.6 Å². The highest BCUT2D eigenvalue weighted by molar-refractivity contribution is 5.95. The number of nitrogen functional groups attached to an aromatic ring is 1. The largest absolute Gasteiger partial charge is 0.383 e. The highest BCUT2D eigenvalue weighted by Crippen LogP contribution is 2.28. The van der Waals surface area contributed by atoms with Crippen LogP contribution in [0.25, 0.3) is 11.1 Å². The third-order valence-electron chi connectivity index (χ3n) is 4.89. The first kappa shape index (κ1) is 27.5. The number of anilines is 2. The minimum Gasteiger partial charge on any atom is -0.383 e. The number of aromatic nitrogens is 1. The topological polar surface area (TPSA) is 127 Å². The SMILES string of the molecule is CNCCOC.Cc1cc(NC(=O)C(O)c2cc(F)cc(F)c2)ccc1-c1cnc(N)c(C=O)c1. The Morgan fingerprint density at radius 3 is 2.43 bits per heavy atom. The van der Waals surface area contributed by atoms with Crippen LogP contribution in [0, 0.1) is 18.6 Å². The van der Waals surface area contributed by atoms with Gasteiger partial charge in [0.1, 0.15) is 17.5 Å². The molecule has 1 aromatic heterocycles. The fraction of sp³-hybridized carbons (Fsp3) is 0.240. The molecule has 1 amide bonds. The van der Waals surface area contributed by atoms with E-state index in [-0.39, 0.29) is 16.9 Å². The lowest BCUT2D eigenvalue weighted by Crippen LogP contribution is -2.21. The molecule has 0 saturated carbocycles. The zero-order valence-corrected chi connectivity index (χ0v) is 19.6. The maximum Gasteiger partial charge on any atom is 0.257 e. The second-order valence-corrected chi connectivity index (χ2v) is 7.54. The van der Waals surface area contributed by atoms with Gasteiger partial charge in [0, 0.05) is 37.2 Å². The number of halogens is 2. The van der Waals surface area contributed by atoms with Crippen LogP contribution in [0.1, 0.15) is 27.6 Å². The summed E-state index contributed by atoms with van der Waals surface area (Å²) in [4.78, 5) is 27.3. The average molecular weight is 487 g/mol. The van der Waals surface area contributed by atoms with E-state index in [2.05, 4.69) is 15.6 Å². The van der Waals surface area contributed by atoms with Crippen LogP contribution in [0.5, 0.6) is 0 Å². The second kappa shape index (κ2) is 13.2. The molecule has 0 fully saturated rings. The Morgan fingerprint density at radius 2 is 1.89 bits per heavy atom. The fourth-order valence-corrected chi connectivity index (χ4v) is 3.10. The van der Waals surface area contributed by atoms with Gasteiger partial charge in [-0.05, 0) is 61.0 Å². The zero-order chi connectivity index (χ0) is 26.0. The van der Waals surface area contributed by atoms with Gasteiger partial charge in [-0.25, -0.2) is 13.8 Å². The molecular formula is C25H28F2N4O4. The Labute approximate surface area is 202 Å². The van der Waals surface area contributed by atoms with Crippen LogP contribution < -0.4 is 16.4 Å².